The molecule has 1 aliphatic rings. The van der Waals surface area contributed by atoms with Crippen LogP contribution in [-0.4, -0.2) is 6.29 Å². The standard InChI is InChI=1S/C15H20O/c1-2-13-5-3-4-6-15(13)14-9-7-12(11-16)8-10-14/h3-6,11-12,14H,2,7-10H2,1H3. The third-order valence-electron chi connectivity index (χ3n) is 3.84. The van der Waals surface area contributed by atoms with Crippen LogP contribution in [0.15, 0.2) is 24.3 Å². The van der Waals surface area contributed by atoms with Crippen LogP contribution in [0.3, 0.4) is 0 Å². The molecule has 0 spiro atoms. The number of carbonyl (C=O) groups is 1. The van der Waals surface area contributed by atoms with Crippen LogP contribution in [0.5, 0.6) is 0 Å². The first-order chi connectivity index (χ1) is 7.85. The van der Waals surface area contributed by atoms with Crippen molar-refractivity contribution in [3.63, 3.8) is 0 Å². The molecule has 0 atom stereocenters. The highest BCUT2D eigenvalue weighted by atomic mass is 16.1. The maximum absolute atomic E-state index is 10.7. The Bertz CT molecular complexity index is 348. The summed E-state index contributed by atoms with van der Waals surface area (Å²) in [5.41, 5.74) is 3.01. The number of benzene rings is 1. The van der Waals surface area contributed by atoms with E-state index in [1.54, 1.807) is 0 Å². The fourth-order valence-electron chi connectivity index (χ4n) is 2.82. The predicted molar refractivity (Wildman–Crippen MR) is 66.6 cm³/mol. The molecule has 0 aromatic heterocycles. The van der Waals surface area contributed by atoms with E-state index < -0.39 is 0 Å². The van der Waals surface area contributed by atoms with Gasteiger partial charge in [-0.05, 0) is 49.1 Å². The van der Waals surface area contributed by atoms with E-state index in [1.165, 1.54) is 24.0 Å². The molecule has 86 valence electrons. The number of aryl methyl sites for hydroxylation is 1. The molecule has 0 radical (unpaired) electrons. The van der Waals surface area contributed by atoms with Gasteiger partial charge in [-0.3, -0.25) is 0 Å². The van der Waals surface area contributed by atoms with Gasteiger partial charge >= 0.3 is 0 Å². The molecule has 1 nitrogen and oxygen atoms in total. The fraction of sp³-hybridized carbons (Fsp3) is 0.533. The van der Waals surface area contributed by atoms with Crippen molar-refractivity contribution in [1.82, 2.24) is 0 Å². The minimum absolute atomic E-state index is 0.324. The Hall–Kier alpha value is -1.11. The van der Waals surface area contributed by atoms with Gasteiger partial charge in [0.2, 0.25) is 0 Å². The molecule has 0 amide bonds. The molecule has 0 aliphatic heterocycles. The third-order valence-corrected chi connectivity index (χ3v) is 3.84. The van der Waals surface area contributed by atoms with E-state index in [1.807, 2.05) is 0 Å². The maximum Gasteiger partial charge on any atom is 0.123 e. The number of hydrogen-bond donors (Lipinski definition) is 0. The second kappa shape index (κ2) is 5.29. The van der Waals surface area contributed by atoms with Crippen LogP contribution in [0.2, 0.25) is 0 Å². The van der Waals surface area contributed by atoms with Crippen LogP contribution >= 0.6 is 0 Å². The van der Waals surface area contributed by atoms with Crippen molar-refractivity contribution < 1.29 is 4.79 Å². The van der Waals surface area contributed by atoms with Crippen molar-refractivity contribution >= 4 is 6.29 Å². The summed E-state index contributed by atoms with van der Waals surface area (Å²) in [4.78, 5) is 10.7. The molecular weight excluding hydrogens is 196 g/mol. The van der Waals surface area contributed by atoms with E-state index in [4.69, 9.17) is 0 Å². The second-order valence-corrected chi connectivity index (χ2v) is 4.80. The van der Waals surface area contributed by atoms with Crippen LogP contribution in [0, 0.1) is 5.92 Å². The predicted octanol–water partition coefficient (Wildman–Crippen LogP) is 3.72. The van der Waals surface area contributed by atoms with Crippen LogP contribution in [0.4, 0.5) is 0 Å². The minimum Gasteiger partial charge on any atom is -0.303 e. The Kier molecular flexibility index (Phi) is 3.76. The van der Waals surface area contributed by atoms with E-state index in [-0.39, 0.29) is 0 Å². The van der Waals surface area contributed by atoms with Crippen LogP contribution in [0.25, 0.3) is 0 Å². The molecule has 1 aromatic carbocycles. The lowest BCUT2D eigenvalue weighted by Gasteiger charge is -2.27. The van der Waals surface area contributed by atoms with Gasteiger partial charge in [-0.25, -0.2) is 0 Å². The van der Waals surface area contributed by atoms with Crippen LogP contribution in [0.1, 0.15) is 49.7 Å². The first-order valence-corrected chi connectivity index (χ1v) is 6.38. The quantitative estimate of drug-likeness (QED) is 0.704. The third kappa shape index (κ3) is 2.34. The minimum atomic E-state index is 0.324. The topological polar surface area (TPSA) is 17.1 Å². The zero-order valence-electron chi connectivity index (χ0n) is 9.99. The number of aldehydes is 1. The SMILES string of the molecule is CCc1ccccc1C1CCC(C=O)CC1. The summed E-state index contributed by atoms with van der Waals surface area (Å²) in [7, 11) is 0. The summed E-state index contributed by atoms with van der Waals surface area (Å²) in [6.45, 7) is 2.22. The fourth-order valence-corrected chi connectivity index (χ4v) is 2.82. The van der Waals surface area contributed by atoms with Gasteiger partial charge in [0.25, 0.3) is 0 Å². The molecule has 1 saturated carbocycles. The van der Waals surface area contributed by atoms with Crippen molar-refractivity contribution in [2.24, 2.45) is 5.92 Å². The van der Waals surface area contributed by atoms with Crippen molar-refractivity contribution in [2.75, 3.05) is 0 Å². The lowest BCUT2D eigenvalue weighted by molar-refractivity contribution is -0.111. The van der Waals surface area contributed by atoms with Gasteiger partial charge in [0.1, 0.15) is 6.29 Å². The Morgan fingerprint density at radius 2 is 1.88 bits per heavy atom. The molecule has 0 unspecified atom stereocenters. The lowest BCUT2D eigenvalue weighted by Crippen LogP contribution is -2.15. The van der Waals surface area contributed by atoms with E-state index in [0.29, 0.717) is 11.8 Å². The maximum atomic E-state index is 10.7. The lowest BCUT2D eigenvalue weighted by atomic mass is 9.78. The number of hydrogen-bond acceptors (Lipinski definition) is 1. The molecule has 0 saturated heterocycles. The molecule has 0 N–H and O–H groups in total. The molecule has 1 aromatic rings. The van der Waals surface area contributed by atoms with Gasteiger partial charge < -0.3 is 4.79 Å². The average molecular weight is 216 g/mol. The van der Waals surface area contributed by atoms with Crippen LogP contribution in [-0.2, 0) is 11.2 Å². The summed E-state index contributed by atoms with van der Waals surface area (Å²) >= 11 is 0. The monoisotopic (exact) mass is 216 g/mol. The summed E-state index contributed by atoms with van der Waals surface area (Å²) in [6, 6.07) is 8.77. The summed E-state index contributed by atoms with van der Waals surface area (Å²) in [6.07, 6.45) is 6.77. The molecule has 1 aliphatic carbocycles. The van der Waals surface area contributed by atoms with E-state index >= 15 is 0 Å². The largest absolute Gasteiger partial charge is 0.303 e. The second-order valence-electron chi connectivity index (χ2n) is 4.80. The highest BCUT2D eigenvalue weighted by molar-refractivity contribution is 5.53. The normalized spacial score (nSPS) is 25.3. The van der Waals surface area contributed by atoms with E-state index in [2.05, 4.69) is 31.2 Å². The van der Waals surface area contributed by atoms with Crippen molar-refractivity contribution in [2.45, 2.75) is 44.9 Å². The molecule has 0 heterocycles. The molecule has 0 bridgehead atoms. The van der Waals surface area contributed by atoms with Crippen molar-refractivity contribution in [1.29, 1.82) is 0 Å². The molecule has 1 fully saturated rings. The van der Waals surface area contributed by atoms with Gasteiger partial charge in [0.15, 0.2) is 0 Å². The summed E-state index contributed by atoms with van der Waals surface area (Å²) in [5, 5.41) is 0. The Morgan fingerprint density at radius 1 is 1.19 bits per heavy atom. The van der Waals surface area contributed by atoms with Crippen molar-refractivity contribution in [3.05, 3.63) is 35.4 Å². The average Bonchev–Trinajstić information content (AvgIpc) is 2.39. The molecule has 1 heteroatoms. The molecular formula is C15H20O. The summed E-state index contributed by atoms with van der Waals surface area (Å²) in [5.74, 6) is 1.01. The smallest absolute Gasteiger partial charge is 0.123 e. The first kappa shape index (κ1) is 11.4. The van der Waals surface area contributed by atoms with Gasteiger partial charge in [-0.1, -0.05) is 31.2 Å². The molecule has 2 rings (SSSR count). The highest BCUT2D eigenvalue weighted by Crippen LogP contribution is 2.36. The summed E-state index contributed by atoms with van der Waals surface area (Å²) < 4.78 is 0. The zero-order chi connectivity index (χ0) is 11.4. The Morgan fingerprint density at radius 3 is 2.50 bits per heavy atom. The van der Waals surface area contributed by atoms with Gasteiger partial charge in [-0.15, -0.1) is 0 Å². The molecule has 16 heavy (non-hydrogen) atoms. The number of rotatable bonds is 3. The van der Waals surface area contributed by atoms with E-state index in [0.717, 1.165) is 25.5 Å². The van der Waals surface area contributed by atoms with Gasteiger partial charge in [0, 0.05) is 5.92 Å². The highest BCUT2D eigenvalue weighted by Gasteiger charge is 2.22. The zero-order valence-corrected chi connectivity index (χ0v) is 9.99. The van der Waals surface area contributed by atoms with Crippen LogP contribution < -0.4 is 0 Å². The Balaban J connectivity index is 2.10. The Labute approximate surface area is 97.9 Å². The van der Waals surface area contributed by atoms with Crippen molar-refractivity contribution in [3.8, 4) is 0 Å². The van der Waals surface area contributed by atoms with E-state index in [9.17, 15) is 4.79 Å². The number of carbonyl (C=O) groups excluding carboxylic acids is 1. The van der Waals surface area contributed by atoms with Gasteiger partial charge in [0.05, 0.1) is 0 Å². The first-order valence-electron chi connectivity index (χ1n) is 6.38. The van der Waals surface area contributed by atoms with Gasteiger partial charge in [-0.2, -0.15) is 0 Å².